The molecule has 2 saturated heterocycles. The van der Waals surface area contributed by atoms with E-state index < -0.39 is 12.0 Å². The molecule has 0 aliphatic carbocycles. The van der Waals surface area contributed by atoms with E-state index in [9.17, 15) is 14.4 Å². The summed E-state index contributed by atoms with van der Waals surface area (Å²) < 4.78 is 10.3. The van der Waals surface area contributed by atoms with Gasteiger partial charge in [-0.15, -0.1) is 11.8 Å². The first-order valence-corrected chi connectivity index (χ1v) is 9.94. The molecule has 2 amide bonds. The maximum absolute atomic E-state index is 12.3. The number of hydrogen-bond acceptors (Lipinski definition) is 6. The SMILES string of the molecule is COc1ccc(CCNC(=O)COC(=O)[C@H]2CS[C@@]3(C)CCC(=O)N23)cc1. The number of esters is 1. The van der Waals surface area contributed by atoms with E-state index in [1.807, 2.05) is 31.2 Å². The number of methoxy groups -OCH3 is 1. The monoisotopic (exact) mass is 392 g/mol. The van der Waals surface area contributed by atoms with Crippen LogP contribution in [0.2, 0.25) is 0 Å². The molecule has 0 bridgehead atoms. The van der Waals surface area contributed by atoms with Crippen molar-refractivity contribution in [3.8, 4) is 5.75 Å². The van der Waals surface area contributed by atoms with E-state index in [4.69, 9.17) is 9.47 Å². The third-order valence-corrected chi connectivity index (χ3v) is 6.46. The lowest BCUT2D eigenvalue weighted by molar-refractivity contribution is -0.156. The number of ether oxygens (including phenoxy) is 2. The molecule has 1 aromatic rings. The van der Waals surface area contributed by atoms with E-state index >= 15 is 0 Å². The Morgan fingerprint density at radius 2 is 2.07 bits per heavy atom. The molecule has 1 aromatic carbocycles. The predicted molar refractivity (Wildman–Crippen MR) is 101 cm³/mol. The average molecular weight is 392 g/mol. The van der Waals surface area contributed by atoms with E-state index in [-0.39, 0.29) is 23.3 Å². The van der Waals surface area contributed by atoms with Crippen molar-refractivity contribution in [1.82, 2.24) is 10.2 Å². The lowest BCUT2D eigenvalue weighted by Crippen LogP contribution is -2.47. The predicted octanol–water partition coefficient (Wildman–Crippen LogP) is 1.35. The van der Waals surface area contributed by atoms with Crippen molar-refractivity contribution in [2.24, 2.45) is 0 Å². The van der Waals surface area contributed by atoms with E-state index in [2.05, 4.69) is 5.32 Å². The average Bonchev–Trinajstić information content (AvgIpc) is 3.16. The lowest BCUT2D eigenvalue weighted by atomic mass is 10.1. The van der Waals surface area contributed by atoms with E-state index in [1.165, 1.54) is 0 Å². The van der Waals surface area contributed by atoms with Gasteiger partial charge in [-0.1, -0.05) is 12.1 Å². The normalized spacial score (nSPS) is 23.9. The number of amides is 2. The van der Waals surface area contributed by atoms with E-state index in [0.29, 0.717) is 25.1 Å². The minimum atomic E-state index is -0.595. The molecule has 0 saturated carbocycles. The molecule has 1 N–H and O–H groups in total. The number of carbonyl (C=O) groups excluding carboxylic acids is 3. The van der Waals surface area contributed by atoms with Gasteiger partial charge in [-0.3, -0.25) is 9.59 Å². The van der Waals surface area contributed by atoms with Gasteiger partial charge in [0.05, 0.1) is 12.0 Å². The second-order valence-corrected chi connectivity index (χ2v) is 8.32. The molecule has 2 fully saturated rings. The van der Waals surface area contributed by atoms with Crippen molar-refractivity contribution in [3.05, 3.63) is 29.8 Å². The molecule has 3 rings (SSSR count). The number of carbonyl (C=O) groups is 3. The number of hydrogen-bond donors (Lipinski definition) is 1. The highest BCUT2D eigenvalue weighted by Crippen LogP contribution is 2.47. The summed E-state index contributed by atoms with van der Waals surface area (Å²) in [6, 6.07) is 7.01. The smallest absolute Gasteiger partial charge is 0.330 e. The van der Waals surface area contributed by atoms with Gasteiger partial charge < -0.3 is 19.7 Å². The highest BCUT2D eigenvalue weighted by atomic mass is 32.2. The van der Waals surface area contributed by atoms with Crippen molar-refractivity contribution in [1.29, 1.82) is 0 Å². The number of nitrogens with zero attached hydrogens (tertiary/aromatic N) is 1. The fourth-order valence-electron chi connectivity index (χ4n) is 3.42. The van der Waals surface area contributed by atoms with Crippen LogP contribution >= 0.6 is 11.8 Å². The standard InChI is InChI=1S/C19H24N2O5S/c1-19-9-7-17(23)21(19)15(12-27-19)18(24)26-11-16(22)20-10-8-13-3-5-14(25-2)6-4-13/h3-6,15H,7-12H2,1-2H3,(H,20,22)/t15-,19+/m1/s1. The van der Waals surface area contributed by atoms with E-state index in [1.54, 1.807) is 23.8 Å². The van der Waals surface area contributed by atoms with Crippen LogP contribution in [0, 0.1) is 0 Å². The zero-order valence-electron chi connectivity index (χ0n) is 15.5. The summed E-state index contributed by atoms with van der Waals surface area (Å²) in [6.07, 6.45) is 1.87. The minimum Gasteiger partial charge on any atom is -0.497 e. The van der Waals surface area contributed by atoms with Gasteiger partial charge in [-0.05, 0) is 37.5 Å². The molecular weight excluding hydrogens is 368 g/mol. The van der Waals surface area contributed by atoms with Crippen molar-refractivity contribution in [2.45, 2.75) is 37.1 Å². The Morgan fingerprint density at radius 1 is 1.33 bits per heavy atom. The van der Waals surface area contributed by atoms with Crippen LogP contribution in [0.3, 0.4) is 0 Å². The second-order valence-electron chi connectivity index (χ2n) is 6.82. The van der Waals surface area contributed by atoms with Gasteiger partial charge in [0.25, 0.3) is 5.91 Å². The number of fused-ring (bicyclic) bond motifs is 1. The zero-order valence-corrected chi connectivity index (χ0v) is 16.3. The molecule has 7 nitrogen and oxygen atoms in total. The van der Waals surface area contributed by atoms with Crippen LogP contribution in [-0.4, -0.2) is 59.6 Å². The van der Waals surface area contributed by atoms with Crippen LogP contribution in [-0.2, 0) is 25.5 Å². The second kappa shape index (κ2) is 8.21. The molecule has 2 atom stereocenters. The van der Waals surface area contributed by atoms with Crippen LogP contribution in [0.1, 0.15) is 25.3 Å². The highest BCUT2D eigenvalue weighted by molar-refractivity contribution is 8.01. The number of benzene rings is 1. The molecule has 146 valence electrons. The molecular formula is C19H24N2O5S. The molecule has 0 spiro atoms. The summed E-state index contributed by atoms with van der Waals surface area (Å²) in [4.78, 5) is 37.6. The van der Waals surface area contributed by atoms with Crippen molar-refractivity contribution in [2.75, 3.05) is 26.0 Å². The molecule has 27 heavy (non-hydrogen) atoms. The van der Waals surface area contributed by atoms with Gasteiger partial charge in [0.1, 0.15) is 11.8 Å². The zero-order chi connectivity index (χ0) is 19.4. The van der Waals surface area contributed by atoms with Gasteiger partial charge in [-0.25, -0.2) is 4.79 Å². The lowest BCUT2D eigenvalue weighted by Gasteiger charge is -2.29. The number of rotatable bonds is 7. The summed E-state index contributed by atoms with van der Waals surface area (Å²) in [5, 5.41) is 2.74. The Balaban J connectivity index is 1.40. The van der Waals surface area contributed by atoms with E-state index in [0.717, 1.165) is 17.7 Å². The molecule has 0 radical (unpaired) electrons. The third-order valence-electron chi connectivity index (χ3n) is 4.96. The number of nitrogens with one attached hydrogen (secondary N) is 1. The van der Waals surface area contributed by atoms with Crippen LogP contribution in [0.15, 0.2) is 24.3 Å². The van der Waals surface area contributed by atoms with Crippen LogP contribution in [0.25, 0.3) is 0 Å². The quantitative estimate of drug-likeness (QED) is 0.705. The Kier molecular flexibility index (Phi) is 5.94. The molecule has 2 aliphatic heterocycles. The van der Waals surface area contributed by atoms with Crippen molar-refractivity contribution < 1.29 is 23.9 Å². The first-order valence-electron chi connectivity index (χ1n) is 8.95. The largest absolute Gasteiger partial charge is 0.497 e. The minimum absolute atomic E-state index is 0.0200. The first-order chi connectivity index (χ1) is 12.9. The summed E-state index contributed by atoms with van der Waals surface area (Å²) in [6.45, 7) is 2.09. The molecule has 2 heterocycles. The van der Waals surface area contributed by atoms with Gasteiger partial charge in [-0.2, -0.15) is 0 Å². The first kappa shape index (κ1) is 19.5. The topological polar surface area (TPSA) is 84.9 Å². The van der Waals surface area contributed by atoms with Crippen LogP contribution < -0.4 is 10.1 Å². The summed E-state index contributed by atoms with van der Waals surface area (Å²) >= 11 is 1.60. The van der Waals surface area contributed by atoms with Gasteiger partial charge in [0.15, 0.2) is 6.61 Å². The van der Waals surface area contributed by atoms with Gasteiger partial charge in [0.2, 0.25) is 5.91 Å². The Hall–Kier alpha value is -2.22. The fraction of sp³-hybridized carbons (Fsp3) is 0.526. The van der Waals surface area contributed by atoms with Crippen LogP contribution in [0.5, 0.6) is 5.75 Å². The Bertz CT molecular complexity index is 723. The number of thioether (sulfide) groups is 1. The maximum atomic E-state index is 12.3. The fourth-order valence-corrected chi connectivity index (χ4v) is 4.83. The maximum Gasteiger partial charge on any atom is 0.330 e. The third kappa shape index (κ3) is 4.37. The van der Waals surface area contributed by atoms with Crippen molar-refractivity contribution >= 4 is 29.5 Å². The Labute approximate surface area is 162 Å². The summed E-state index contributed by atoms with van der Waals surface area (Å²) in [7, 11) is 1.61. The van der Waals surface area contributed by atoms with Gasteiger partial charge in [0, 0.05) is 18.7 Å². The van der Waals surface area contributed by atoms with Crippen molar-refractivity contribution in [3.63, 3.8) is 0 Å². The van der Waals surface area contributed by atoms with Gasteiger partial charge >= 0.3 is 5.97 Å². The summed E-state index contributed by atoms with van der Waals surface area (Å²) in [5.41, 5.74) is 1.07. The molecule has 8 heteroatoms. The Morgan fingerprint density at radius 3 is 2.78 bits per heavy atom. The highest BCUT2D eigenvalue weighted by Gasteiger charge is 2.53. The molecule has 0 aromatic heterocycles. The molecule has 2 aliphatic rings. The van der Waals surface area contributed by atoms with Crippen LogP contribution in [0.4, 0.5) is 0 Å². The summed E-state index contributed by atoms with van der Waals surface area (Å²) in [5.74, 6) is 0.422. The molecule has 0 unspecified atom stereocenters.